The molecule has 2 aromatic carbocycles. The SMILES string of the molecule is O=C(O)C1CC2CCC1N2Cc1ccc(-c2ccccc2)cc1. The van der Waals surface area contributed by atoms with Crippen LogP contribution < -0.4 is 0 Å². The van der Waals surface area contributed by atoms with Gasteiger partial charge in [0, 0.05) is 18.6 Å². The van der Waals surface area contributed by atoms with Gasteiger partial charge in [-0.05, 0) is 36.0 Å². The van der Waals surface area contributed by atoms with E-state index in [-0.39, 0.29) is 12.0 Å². The van der Waals surface area contributed by atoms with Crippen LogP contribution in [-0.4, -0.2) is 28.1 Å². The fourth-order valence-corrected chi connectivity index (χ4v) is 4.26. The highest BCUT2D eigenvalue weighted by Gasteiger charge is 2.48. The van der Waals surface area contributed by atoms with Crippen molar-refractivity contribution in [2.24, 2.45) is 5.92 Å². The molecule has 2 heterocycles. The molecular weight excluding hydrogens is 286 g/mol. The van der Waals surface area contributed by atoms with Gasteiger partial charge < -0.3 is 5.11 Å². The smallest absolute Gasteiger partial charge is 0.308 e. The van der Waals surface area contributed by atoms with Crippen molar-refractivity contribution in [2.75, 3.05) is 0 Å². The molecule has 3 unspecified atom stereocenters. The Hall–Kier alpha value is -2.13. The van der Waals surface area contributed by atoms with E-state index in [0.717, 1.165) is 25.8 Å². The van der Waals surface area contributed by atoms with Gasteiger partial charge in [0.2, 0.25) is 0 Å². The first-order valence-corrected chi connectivity index (χ1v) is 8.35. The Bertz CT molecular complexity index is 695. The predicted molar refractivity (Wildman–Crippen MR) is 90.0 cm³/mol. The van der Waals surface area contributed by atoms with Gasteiger partial charge in [0.25, 0.3) is 0 Å². The van der Waals surface area contributed by atoms with Gasteiger partial charge in [-0.2, -0.15) is 0 Å². The van der Waals surface area contributed by atoms with E-state index >= 15 is 0 Å². The van der Waals surface area contributed by atoms with Crippen LogP contribution in [0.3, 0.4) is 0 Å². The molecule has 2 fully saturated rings. The average molecular weight is 307 g/mol. The van der Waals surface area contributed by atoms with Crippen LogP contribution in [0.15, 0.2) is 54.6 Å². The van der Waals surface area contributed by atoms with Crippen molar-refractivity contribution in [2.45, 2.75) is 37.9 Å². The maximum absolute atomic E-state index is 11.4. The van der Waals surface area contributed by atoms with Crippen LogP contribution in [0.4, 0.5) is 0 Å². The highest BCUT2D eigenvalue weighted by atomic mass is 16.4. The summed E-state index contributed by atoms with van der Waals surface area (Å²) in [6, 6.07) is 19.7. The zero-order chi connectivity index (χ0) is 15.8. The molecule has 0 aromatic heterocycles. The fraction of sp³-hybridized carbons (Fsp3) is 0.350. The molecule has 118 valence electrons. The quantitative estimate of drug-likeness (QED) is 0.934. The Morgan fingerprint density at radius 2 is 1.70 bits per heavy atom. The number of fused-ring (bicyclic) bond motifs is 2. The molecule has 2 aliphatic rings. The number of nitrogens with zero attached hydrogens (tertiary/aromatic N) is 1. The Balaban J connectivity index is 1.49. The zero-order valence-electron chi connectivity index (χ0n) is 13.1. The minimum Gasteiger partial charge on any atom is -0.481 e. The highest BCUT2D eigenvalue weighted by molar-refractivity contribution is 5.71. The summed E-state index contributed by atoms with van der Waals surface area (Å²) in [5.41, 5.74) is 3.72. The number of aliphatic carboxylic acids is 1. The summed E-state index contributed by atoms with van der Waals surface area (Å²) < 4.78 is 0. The van der Waals surface area contributed by atoms with E-state index in [1.165, 1.54) is 16.7 Å². The zero-order valence-corrected chi connectivity index (χ0v) is 13.1. The monoisotopic (exact) mass is 307 g/mol. The van der Waals surface area contributed by atoms with E-state index in [2.05, 4.69) is 53.4 Å². The van der Waals surface area contributed by atoms with Crippen molar-refractivity contribution in [1.82, 2.24) is 4.90 Å². The lowest BCUT2D eigenvalue weighted by Gasteiger charge is -2.22. The van der Waals surface area contributed by atoms with Crippen molar-refractivity contribution in [3.05, 3.63) is 60.2 Å². The number of hydrogen-bond donors (Lipinski definition) is 1. The molecule has 2 aromatic rings. The van der Waals surface area contributed by atoms with Crippen LogP contribution in [0, 0.1) is 5.92 Å². The molecular formula is C20H21NO2. The molecule has 0 amide bonds. The standard InChI is InChI=1S/C20H21NO2/c22-20(23)18-12-17-10-11-19(18)21(17)13-14-6-8-16(9-7-14)15-4-2-1-3-5-15/h1-9,17-19H,10-13H2,(H,22,23). The fourth-order valence-electron chi connectivity index (χ4n) is 4.26. The lowest BCUT2D eigenvalue weighted by Crippen LogP contribution is -2.32. The molecule has 0 spiro atoms. The predicted octanol–water partition coefficient (Wildman–Crippen LogP) is 3.79. The molecule has 4 rings (SSSR count). The van der Waals surface area contributed by atoms with Crippen molar-refractivity contribution >= 4 is 5.97 Å². The van der Waals surface area contributed by atoms with E-state index in [1.54, 1.807) is 0 Å². The Morgan fingerprint density at radius 1 is 1.00 bits per heavy atom. The minimum absolute atomic E-state index is 0.169. The second kappa shape index (κ2) is 5.82. The first kappa shape index (κ1) is 14.5. The van der Waals surface area contributed by atoms with Crippen LogP contribution in [0.5, 0.6) is 0 Å². The topological polar surface area (TPSA) is 40.5 Å². The summed E-state index contributed by atoms with van der Waals surface area (Å²) in [4.78, 5) is 13.8. The molecule has 0 radical (unpaired) electrons. The van der Waals surface area contributed by atoms with Gasteiger partial charge in [0.15, 0.2) is 0 Å². The summed E-state index contributed by atoms with van der Waals surface area (Å²) in [6.45, 7) is 0.869. The number of benzene rings is 2. The minimum atomic E-state index is -0.623. The van der Waals surface area contributed by atoms with Crippen molar-refractivity contribution in [3.63, 3.8) is 0 Å². The average Bonchev–Trinajstić information content (AvgIpc) is 3.13. The van der Waals surface area contributed by atoms with E-state index in [4.69, 9.17) is 0 Å². The number of carbonyl (C=O) groups is 1. The second-order valence-corrected chi connectivity index (χ2v) is 6.71. The van der Waals surface area contributed by atoms with Crippen LogP contribution in [0.25, 0.3) is 11.1 Å². The van der Waals surface area contributed by atoms with Gasteiger partial charge in [-0.25, -0.2) is 0 Å². The van der Waals surface area contributed by atoms with Gasteiger partial charge >= 0.3 is 5.97 Å². The van der Waals surface area contributed by atoms with Gasteiger partial charge in [-0.3, -0.25) is 9.69 Å². The summed E-state index contributed by atoms with van der Waals surface area (Å²) in [7, 11) is 0. The number of carboxylic acid groups (broad SMARTS) is 1. The number of rotatable bonds is 4. The first-order chi connectivity index (χ1) is 11.2. The van der Waals surface area contributed by atoms with Gasteiger partial charge in [-0.1, -0.05) is 54.6 Å². The molecule has 0 saturated carbocycles. The Morgan fingerprint density at radius 3 is 2.35 bits per heavy atom. The molecule has 2 aliphatic heterocycles. The van der Waals surface area contributed by atoms with Crippen LogP contribution >= 0.6 is 0 Å². The summed E-state index contributed by atoms with van der Waals surface area (Å²) in [6.07, 6.45) is 3.00. The molecule has 3 atom stereocenters. The molecule has 23 heavy (non-hydrogen) atoms. The maximum Gasteiger partial charge on any atom is 0.308 e. The van der Waals surface area contributed by atoms with Crippen molar-refractivity contribution in [3.8, 4) is 11.1 Å². The molecule has 2 bridgehead atoms. The third-order valence-corrected chi connectivity index (χ3v) is 5.42. The van der Waals surface area contributed by atoms with E-state index < -0.39 is 5.97 Å². The second-order valence-electron chi connectivity index (χ2n) is 6.71. The highest BCUT2D eigenvalue weighted by Crippen LogP contribution is 2.42. The molecule has 2 saturated heterocycles. The summed E-state index contributed by atoms with van der Waals surface area (Å²) in [5, 5.41) is 9.35. The Kier molecular flexibility index (Phi) is 3.66. The largest absolute Gasteiger partial charge is 0.481 e. The van der Waals surface area contributed by atoms with Crippen LogP contribution in [0.1, 0.15) is 24.8 Å². The third kappa shape index (κ3) is 2.66. The number of hydrogen-bond acceptors (Lipinski definition) is 2. The summed E-state index contributed by atoms with van der Waals surface area (Å²) in [5.74, 6) is -0.793. The van der Waals surface area contributed by atoms with E-state index in [0.29, 0.717) is 6.04 Å². The normalized spacial score (nSPS) is 26.5. The number of carboxylic acids is 1. The molecule has 3 heteroatoms. The Labute approximate surface area is 136 Å². The van der Waals surface area contributed by atoms with Crippen LogP contribution in [0.2, 0.25) is 0 Å². The summed E-state index contributed by atoms with van der Waals surface area (Å²) >= 11 is 0. The van der Waals surface area contributed by atoms with E-state index in [9.17, 15) is 9.90 Å². The van der Waals surface area contributed by atoms with Crippen molar-refractivity contribution in [1.29, 1.82) is 0 Å². The maximum atomic E-state index is 11.4. The molecule has 1 N–H and O–H groups in total. The lowest BCUT2D eigenvalue weighted by molar-refractivity contribution is -0.142. The van der Waals surface area contributed by atoms with Gasteiger partial charge in [-0.15, -0.1) is 0 Å². The lowest BCUT2D eigenvalue weighted by atomic mass is 9.89. The van der Waals surface area contributed by atoms with Crippen LogP contribution in [-0.2, 0) is 11.3 Å². The van der Waals surface area contributed by atoms with Gasteiger partial charge in [0.1, 0.15) is 0 Å². The van der Waals surface area contributed by atoms with Crippen molar-refractivity contribution < 1.29 is 9.90 Å². The third-order valence-electron chi connectivity index (χ3n) is 5.42. The first-order valence-electron chi connectivity index (χ1n) is 8.35. The molecule has 3 nitrogen and oxygen atoms in total. The van der Waals surface area contributed by atoms with E-state index in [1.807, 2.05) is 6.07 Å². The van der Waals surface area contributed by atoms with Gasteiger partial charge in [0.05, 0.1) is 5.92 Å². The molecule has 0 aliphatic carbocycles.